The second-order valence-electron chi connectivity index (χ2n) is 12.2. The fourth-order valence-electron chi connectivity index (χ4n) is 7.39. The predicted octanol–water partition coefficient (Wildman–Crippen LogP) is 4.72. The van der Waals surface area contributed by atoms with Crippen LogP contribution < -0.4 is 0 Å². The van der Waals surface area contributed by atoms with Crippen LogP contribution in [-0.2, 0) is 9.47 Å². The van der Waals surface area contributed by atoms with Crippen LogP contribution in [0.1, 0.15) is 85.5 Å². The van der Waals surface area contributed by atoms with Gasteiger partial charge in [0.05, 0.1) is 11.2 Å². The fraction of sp³-hybridized carbons (Fsp3) is 1.00. The zero-order chi connectivity index (χ0) is 20.6. The highest BCUT2D eigenvalue weighted by Gasteiger charge is 2.44. The molecule has 0 amide bonds. The molecule has 4 aliphatic heterocycles. The zero-order valence-corrected chi connectivity index (χ0v) is 19.7. The second-order valence-corrected chi connectivity index (χ2v) is 12.2. The van der Waals surface area contributed by atoms with Crippen LogP contribution in [0.2, 0.25) is 0 Å². The molecular weight excluding hydrogens is 360 g/mol. The maximum absolute atomic E-state index is 6.02. The van der Waals surface area contributed by atoms with Gasteiger partial charge in [0.1, 0.15) is 0 Å². The van der Waals surface area contributed by atoms with E-state index in [0.717, 1.165) is 13.2 Å². The summed E-state index contributed by atoms with van der Waals surface area (Å²) < 4.78 is 12.0. The first-order chi connectivity index (χ1) is 13.7. The van der Waals surface area contributed by atoms with Crippen LogP contribution >= 0.6 is 0 Å². The third-order valence-electron chi connectivity index (χ3n) is 8.28. The molecule has 0 bridgehead atoms. The highest BCUT2D eigenvalue weighted by atomic mass is 16.5. The zero-order valence-electron chi connectivity index (χ0n) is 19.7. The molecule has 4 saturated heterocycles. The summed E-state index contributed by atoms with van der Waals surface area (Å²) in [5, 5.41) is 0. The van der Waals surface area contributed by atoms with E-state index in [4.69, 9.17) is 9.47 Å². The minimum Gasteiger partial charge on any atom is -0.376 e. The van der Waals surface area contributed by atoms with Crippen molar-refractivity contribution in [3.8, 4) is 0 Å². The molecule has 2 spiro atoms. The quantitative estimate of drug-likeness (QED) is 0.674. The fourth-order valence-corrected chi connectivity index (χ4v) is 7.39. The molecule has 29 heavy (non-hydrogen) atoms. The normalized spacial score (nSPS) is 38.5. The number of hydrogen-bond acceptors (Lipinski definition) is 4. The van der Waals surface area contributed by atoms with E-state index in [-0.39, 0.29) is 11.2 Å². The molecule has 0 aromatic rings. The summed E-state index contributed by atoms with van der Waals surface area (Å²) in [5.41, 5.74) is 1.17. The van der Waals surface area contributed by atoms with E-state index >= 15 is 0 Å². The molecule has 2 atom stereocenters. The van der Waals surface area contributed by atoms with E-state index in [1.54, 1.807) is 0 Å². The van der Waals surface area contributed by atoms with Crippen molar-refractivity contribution < 1.29 is 9.47 Å². The largest absolute Gasteiger partial charge is 0.376 e. The van der Waals surface area contributed by atoms with Crippen molar-refractivity contribution in [3.05, 3.63) is 0 Å². The summed E-state index contributed by atoms with van der Waals surface area (Å²) in [4.78, 5) is 5.56. The SMILES string of the molecule is CC1(C)C[C@@]2(CCCN(CCCN3CCC[C@]4(CCOC(C)(C)C4)C3)C2)CCO1. The third-order valence-corrected chi connectivity index (χ3v) is 8.28. The molecule has 4 fully saturated rings. The molecule has 4 heterocycles. The number of likely N-dealkylation sites (tertiary alicyclic amines) is 2. The van der Waals surface area contributed by atoms with Crippen molar-refractivity contribution in [2.45, 2.75) is 96.7 Å². The van der Waals surface area contributed by atoms with Gasteiger partial charge >= 0.3 is 0 Å². The summed E-state index contributed by atoms with van der Waals surface area (Å²) in [6, 6.07) is 0. The Balaban J connectivity index is 1.25. The Labute approximate surface area is 179 Å². The highest BCUT2D eigenvalue weighted by molar-refractivity contribution is 4.96. The number of nitrogens with zero attached hydrogens (tertiary/aromatic N) is 2. The van der Waals surface area contributed by atoms with Crippen molar-refractivity contribution >= 4 is 0 Å². The maximum Gasteiger partial charge on any atom is 0.0632 e. The number of hydrogen-bond donors (Lipinski definition) is 0. The van der Waals surface area contributed by atoms with Gasteiger partial charge in [-0.05, 0) is 122 Å². The van der Waals surface area contributed by atoms with Gasteiger partial charge in [0.25, 0.3) is 0 Å². The average Bonchev–Trinajstić information content (AvgIpc) is 2.60. The van der Waals surface area contributed by atoms with Crippen molar-refractivity contribution in [2.24, 2.45) is 10.8 Å². The van der Waals surface area contributed by atoms with Crippen LogP contribution in [0.5, 0.6) is 0 Å². The van der Waals surface area contributed by atoms with E-state index in [1.807, 2.05) is 0 Å². The Morgan fingerprint density at radius 1 is 0.655 bits per heavy atom. The molecule has 4 heteroatoms. The Hall–Kier alpha value is -0.160. The van der Waals surface area contributed by atoms with E-state index in [0.29, 0.717) is 10.8 Å². The van der Waals surface area contributed by atoms with Crippen LogP contribution in [0.15, 0.2) is 0 Å². The van der Waals surface area contributed by atoms with Gasteiger partial charge in [-0.15, -0.1) is 0 Å². The molecule has 0 N–H and O–H groups in total. The lowest BCUT2D eigenvalue weighted by Crippen LogP contribution is -2.52. The molecule has 168 valence electrons. The lowest BCUT2D eigenvalue weighted by molar-refractivity contribution is -0.124. The molecule has 0 aromatic carbocycles. The molecule has 4 aliphatic rings. The van der Waals surface area contributed by atoms with Crippen LogP contribution in [0.3, 0.4) is 0 Å². The topological polar surface area (TPSA) is 24.9 Å². The minimum atomic E-state index is 0.0703. The van der Waals surface area contributed by atoms with Gasteiger partial charge < -0.3 is 19.3 Å². The molecule has 4 rings (SSSR count). The Bertz CT molecular complexity index is 507. The summed E-state index contributed by atoms with van der Waals surface area (Å²) in [7, 11) is 0. The molecule has 0 aromatic heterocycles. The van der Waals surface area contributed by atoms with E-state index < -0.39 is 0 Å². The Morgan fingerprint density at radius 3 is 1.52 bits per heavy atom. The maximum atomic E-state index is 6.02. The van der Waals surface area contributed by atoms with Crippen molar-refractivity contribution in [1.29, 1.82) is 0 Å². The van der Waals surface area contributed by atoms with E-state index in [9.17, 15) is 0 Å². The van der Waals surface area contributed by atoms with E-state index in [2.05, 4.69) is 37.5 Å². The second kappa shape index (κ2) is 8.41. The number of ether oxygens (including phenoxy) is 2. The number of piperidine rings is 2. The molecule has 0 unspecified atom stereocenters. The molecular formula is C25H46N2O2. The van der Waals surface area contributed by atoms with Crippen molar-refractivity contribution in [1.82, 2.24) is 9.80 Å². The molecule has 4 nitrogen and oxygen atoms in total. The Morgan fingerprint density at radius 2 is 1.10 bits per heavy atom. The summed E-state index contributed by atoms with van der Waals surface area (Å²) in [6.45, 7) is 18.8. The average molecular weight is 407 g/mol. The lowest BCUT2D eigenvalue weighted by atomic mass is 9.69. The van der Waals surface area contributed by atoms with Gasteiger partial charge in [-0.1, -0.05) is 0 Å². The Kier molecular flexibility index (Phi) is 6.39. The minimum absolute atomic E-state index is 0.0703. The van der Waals surface area contributed by atoms with Crippen LogP contribution in [0, 0.1) is 10.8 Å². The van der Waals surface area contributed by atoms with Crippen LogP contribution in [0.4, 0.5) is 0 Å². The predicted molar refractivity (Wildman–Crippen MR) is 119 cm³/mol. The van der Waals surface area contributed by atoms with Gasteiger partial charge in [0, 0.05) is 26.3 Å². The van der Waals surface area contributed by atoms with Gasteiger partial charge in [-0.2, -0.15) is 0 Å². The first kappa shape index (κ1) is 22.0. The molecule has 0 aliphatic carbocycles. The summed E-state index contributed by atoms with van der Waals surface area (Å²) in [5.74, 6) is 0. The molecule has 0 radical (unpaired) electrons. The van der Waals surface area contributed by atoms with Gasteiger partial charge in [-0.3, -0.25) is 0 Å². The number of rotatable bonds is 4. The van der Waals surface area contributed by atoms with E-state index in [1.165, 1.54) is 97.1 Å². The summed E-state index contributed by atoms with van der Waals surface area (Å²) >= 11 is 0. The smallest absolute Gasteiger partial charge is 0.0632 e. The lowest BCUT2D eigenvalue weighted by Gasteiger charge is -2.50. The standard InChI is InChI=1S/C25H46N2O2/c1-22(2)18-24(10-16-28-22)8-5-12-26(20-24)14-7-15-27-13-6-9-25(21-27)11-17-29-23(3,4)19-25/h5-21H2,1-4H3/t24-,25-/m1/s1. The van der Waals surface area contributed by atoms with Gasteiger partial charge in [0.15, 0.2) is 0 Å². The van der Waals surface area contributed by atoms with Crippen molar-refractivity contribution in [2.75, 3.05) is 52.5 Å². The van der Waals surface area contributed by atoms with Crippen molar-refractivity contribution in [3.63, 3.8) is 0 Å². The highest BCUT2D eigenvalue weighted by Crippen LogP contribution is 2.46. The van der Waals surface area contributed by atoms with Crippen LogP contribution in [-0.4, -0.2) is 73.5 Å². The summed E-state index contributed by atoms with van der Waals surface area (Å²) in [6.07, 6.45) is 11.9. The first-order valence-electron chi connectivity index (χ1n) is 12.4. The third kappa shape index (κ3) is 5.56. The monoisotopic (exact) mass is 406 g/mol. The molecule has 0 saturated carbocycles. The van der Waals surface area contributed by atoms with Crippen LogP contribution in [0.25, 0.3) is 0 Å². The van der Waals surface area contributed by atoms with Gasteiger partial charge in [-0.25, -0.2) is 0 Å². The van der Waals surface area contributed by atoms with Gasteiger partial charge in [0.2, 0.25) is 0 Å². The first-order valence-corrected chi connectivity index (χ1v) is 12.4.